The molecule has 66 valence electrons. The van der Waals surface area contributed by atoms with E-state index in [9.17, 15) is 5.11 Å². The second-order valence-corrected chi connectivity index (χ2v) is 3.77. The molecule has 1 aliphatic carbocycles. The topological polar surface area (TPSA) is 36.0 Å². The van der Waals surface area contributed by atoms with Gasteiger partial charge in [-0.3, -0.25) is 0 Å². The highest BCUT2D eigenvalue weighted by atomic mass is 16.3. The Morgan fingerprint density at radius 1 is 1.23 bits per heavy atom. The van der Waals surface area contributed by atoms with E-state index in [1.165, 1.54) is 18.5 Å². The van der Waals surface area contributed by atoms with Crippen LogP contribution in [0.5, 0.6) is 5.75 Å². The van der Waals surface area contributed by atoms with Crippen molar-refractivity contribution in [1.29, 1.82) is 0 Å². The SMILES string of the molecule is Oc1ccc2[nH]c(C3CC3)cc2c1. The van der Waals surface area contributed by atoms with Crippen LogP contribution in [0.15, 0.2) is 24.3 Å². The lowest BCUT2D eigenvalue weighted by atomic mass is 10.2. The number of hydrogen-bond donors (Lipinski definition) is 2. The zero-order chi connectivity index (χ0) is 8.84. The molecule has 2 aromatic rings. The summed E-state index contributed by atoms with van der Waals surface area (Å²) in [4.78, 5) is 3.37. The van der Waals surface area contributed by atoms with Gasteiger partial charge in [0.25, 0.3) is 0 Å². The quantitative estimate of drug-likeness (QED) is 0.683. The zero-order valence-electron chi connectivity index (χ0n) is 7.25. The fourth-order valence-corrected chi connectivity index (χ4v) is 1.76. The Morgan fingerprint density at radius 3 is 2.85 bits per heavy atom. The predicted octanol–water partition coefficient (Wildman–Crippen LogP) is 2.75. The van der Waals surface area contributed by atoms with Crippen molar-refractivity contribution in [3.8, 4) is 5.75 Å². The van der Waals surface area contributed by atoms with E-state index in [0.717, 1.165) is 16.8 Å². The molecule has 1 aromatic heterocycles. The molecule has 2 nitrogen and oxygen atoms in total. The van der Waals surface area contributed by atoms with Crippen LogP contribution in [0.2, 0.25) is 0 Å². The third-order valence-corrected chi connectivity index (χ3v) is 2.64. The van der Waals surface area contributed by atoms with Crippen molar-refractivity contribution in [3.63, 3.8) is 0 Å². The summed E-state index contributed by atoms with van der Waals surface area (Å²) in [5, 5.41) is 10.4. The van der Waals surface area contributed by atoms with Gasteiger partial charge in [0.05, 0.1) is 0 Å². The highest BCUT2D eigenvalue weighted by Gasteiger charge is 2.24. The van der Waals surface area contributed by atoms with Gasteiger partial charge in [0.1, 0.15) is 5.75 Å². The van der Waals surface area contributed by atoms with Gasteiger partial charge in [0.2, 0.25) is 0 Å². The molecule has 0 atom stereocenters. The first kappa shape index (κ1) is 7.01. The van der Waals surface area contributed by atoms with Gasteiger partial charge in [-0.1, -0.05) is 0 Å². The zero-order valence-corrected chi connectivity index (χ0v) is 7.25. The molecule has 1 aromatic carbocycles. The Morgan fingerprint density at radius 2 is 2.08 bits per heavy atom. The molecule has 1 aliphatic rings. The summed E-state index contributed by atoms with van der Waals surface area (Å²) in [6.07, 6.45) is 2.61. The molecule has 1 heterocycles. The Hall–Kier alpha value is -1.44. The van der Waals surface area contributed by atoms with Gasteiger partial charge in [-0.15, -0.1) is 0 Å². The molecule has 1 fully saturated rings. The van der Waals surface area contributed by atoms with Crippen LogP contribution in [0, 0.1) is 0 Å². The number of fused-ring (bicyclic) bond motifs is 1. The molecule has 0 spiro atoms. The lowest BCUT2D eigenvalue weighted by Gasteiger charge is -1.90. The summed E-state index contributed by atoms with van der Waals surface area (Å²) < 4.78 is 0. The number of rotatable bonds is 1. The average molecular weight is 173 g/mol. The lowest BCUT2D eigenvalue weighted by Crippen LogP contribution is -1.74. The lowest BCUT2D eigenvalue weighted by molar-refractivity contribution is 0.476. The van der Waals surface area contributed by atoms with Crippen LogP contribution in [-0.4, -0.2) is 10.1 Å². The molecule has 1 saturated carbocycles. The summed E-state index contributed by atoms with van der Waals surface area (Å²) in [5.74, 6) is 1.09. The van der Waals surface area contributed by atoms with Gasteiger partial charge in [0.15, 0.2) is 0 Å². The Kier molecular flexibility index (Phi) is 1.23. The van der Waals surface area contributed by atoms with E-state index < -0.39 is 0 Å². The molecule has 0 saturated heterocycles. The molecule has 0 aliphatic heterocycles. The summed E-state index contributed by atoms with van der Waals surface area (Å²) in [7, 11) is 0. The molecule has 0 amide bonds. The maximum atomic E-state index is 9.28. The van der Waals surface area contributed by atoms with E-state index >= 15 is 0 Å². The minimum atomic E-state index is 0.342. The largest absolute Gasteiger partial charge is 0.508 e. The standard InChI is InChI=1S/C11H11NO/c13-9-3-4-10-8(5-9)6-11(12-10)7-1-2-7/h3-7,12-13H,1-2H2. The van der Waals surface area contributed by atoms with Crippen molar-refractivity contribution >= 4 is 10.9 Å². The van der Waals surface area contributed by atoms with Crippen molar-refractivity contribution in [3.05, 3.63) is 30.0 Å². The normalized spacial score (nSPS) is 16.6. The number of aromatic amines is 1. The summed E-state index contributed by atoms with van der Waals surface area (Å²) in [6, 6.07) is 7.59. The van der Waals surface area contributed by atoms with E-state index in [1.54, 1.807) is 12.1 Å². The highest BCUT2D eigenvalue weighted by molar-refractivity contribution is 5.82. The first-order valence-corrected chi connectivity index (χ1v) is 4.64. The third kappa shape index (κ3) is 1.10. The minimum absolute atomic E-state index is 0.342. The smallest absolute Gasteiger partial charge is 0.116 e. The molecular formula is C11H11NO. The van der Waals surface area contributed by atoms with E-state index in [1.807, 2.05) is 6.07 Å². The van der Waals surface area contributed by atoms with Gasteiger partial charge in [-0.2, -0.15) is 0 Å². The molecular weight excluding hydrogens is 162 g/mol. The van der Waals surface area contributed by atoms with Gasteiger partial charge in [-0.05, 0) is 43.0 Å². The van der Waals surface area contributed by atoms with Crippen molar-refractivity contribution in [2.24, 2.45) is 0 Å². The number of aromatic nitrogens is 1. The Labute approximate surface area is 76.2 Å². The van der Waals surface area contributed by atoms with Crippen LogP contribution < -0.4 is 0 Å². The number of phenolic OH excluding ortho intramolecular Hbond substituents is 1. The fraction of sp³-hybridized carbons (Fsp3) is 0.273. The molecule has 0 unspecified atom stereocenters. The number of benzene rings is 1. The maximum Gasteiger partial charge on any atom is 0.116 e. The van der Waals surface area contributed by atoms with Crippen molar-refractivity contribution in [2.75, 3.05) is 0 Å². The van der Waals surface area contributed by atoms with Crippen LogP contribution in [0.4, 0.5) is 0 Å². The van der Waals surface area contributed by atoms with Gasteiger partial charge in [0, 0.05) is 16.6 Å². The molecule has 2 N–H and O–H groups in total. The summed E-state index contributed by atoms with van der Waals surface area (Å²) in [6.45, 7) is 0. The maximum absolute atomic E-state index is 9.28. The van der Waals surface area contributed by atoms with Crippen molar-refractivity contribution in [1.82, 2.24) is 4.98 Å². The van der Waals surface area contributed by atoms with Crippen LogP contribution in [0.1, 0.15) is 24.5 Å². The molecule has 2 heteroatoms. The van der Waals surface area contributed by atoms with E-state index in [-0.39, 0.29) is 0 Å². The number of aromatic hydroxyl groups is 1. The van der Waals surface area contributed by atoms with Gasteiger partial charge in [-0.25, -0.2) is 0 Å². The van der Waals surface area contributed by atoms with Crippen LogP contribution in [0.3, 0.4) is 0 Å². The minimum Gasteiger partial charge on any atom is -0.508 e. The number of hydrogen-bond acceptors (Lipinski definition) is 1. The molecule has 13 heavy (non-hydrogen) atoms. The number of H-pyrrole nitrogens is 1. The van der Waals surface area contributed by atoms with Crippen molar-refractivity contribution in [2.45, 2.75) is 18.8 Å². The number of nitrogens with one attached hydrogen (secondary N) is 1. The number of phenols is 1. The fourth-order valence-electron chi connectivity index (χ4n) is 1.76. The van der Waals surface area contributed by atoms with E-state index in [2.05, 4.69) is 11.1 Å². The second kappa shape index (κ2) is 2.28. The van der Waals surface area contributed by atoms with E-state index in [4.69, 9.17) is 0 Å². The Bertz CT molecular complexity index is 454. The second-order valence-electron chi connectivity index (χ2n) is 3.77. The first-order chi connectivity index (χ1) is 6.33. The third-order valence-electron chi connectivity index (χ3n) is 2.64. The molecule has 0 radical (unpaired) electrons. The first-order valence-electron chi connectivity index (χ1n) is 4.64. The van der Waals surface area contributed by atoms with Gasteiger partial charge >= 0.3 is 0 Å². The summed E-state index contributed by atoms with van der Waals surface area (Å²) >= 11 is 0. The van der Waals surface area contributed by atoms with Crippen LogP contribution in [0.25, 0.3) is 10.9 Å². The monoisotopic (exact) mass is 173 g/mol. The Balaban J connectivity index is 2.20. The van der Waals surface area contributed by atoms with Crippen LogP contribution in [-0.2, 0) is 0 Å². The van der Waals surface area contributed by atoms with Crippen molar-refractivity contribution < 1.29 is 5.11 Å². The molecule has 0 bridgehead atoms. The van der Waals surface area contributed by atoms with E-state index in [0.29, 0.717) is 5.75 Å². The van der Waals surface area contributed by atoms with Gasteiger partial charge < -0.3 is 10.1 Å². The predicted molar refractivity (Wildman–Crippen MR) is 51.9 cm³/mol. The van der Waals surface area contributed by atoms with Crippen LogP contribution >= 0.6 is 0 Å². The molecule has 3 rings (SSSR count). The average Bonchev–Trinajstić information content (AvgIpc) is 2.87. The highest BCUT2D eigenvalue weighted by Crippen LogP contribution is 2.40. The summed E-state index contributed by atoms with van der Waals surface area (Å²) in [5.41, 5.74) is 2.44.